The zero-order valence-electron chi connectivity index (χ0n) is 8.41. The van der Waals surface area contributed by atoms with Crippen molar-refractivity contribution in [3.05, 3.63) is 36.0 Å². The van der Waals surface area contributed by atoms with E-state index < -0.39 is 0 Å². The van der Waals surface area contributed by atoms with Crippen molar-refractivity contribution in [3.63, 3.8) is 0 Å². The van der Waals surface area contributed by atoms with Gasteiger partial charge >= 0.3 is 0 Å². The topological polar surface area (TPSA) is 54.7 Å². The predicted octanol–water partition coefficient (Wildman–Crippen LogP) is 2.61. The van der Waals surface area contributed by atoms with Crippen molar-refractivity contribution in [3.8, 4) is 0 Å². The number of pyridine rings is 1. The lowest BCUT2D eigenvalue weighted by molar-refractivity contribution is 1.37. The third kappa shape index (κ3) is 1.16. The van der Waals surface area contributed by atoms with Gasteiger partial charge < -0.3 is 10.7 Å². The minimum absolute atomic E-state index is 0.547. The van der Waals surface area contributed by atoms with Crippen LogP contribution in [0.3, 0.4) is 0 Å². The molecule has 0 saturated carbocycles. The largest absolute Gasteiger partial charge is 0.384 e. The molecule has 15 heavy (non-hydrogen) atoms. The van der Waals surface area contributed by atoms with E-state index in [1.54, 1.807) is 0 Å². The van der Waals surface area contributed by atoms with E-state index in [-0.39, 0.29) is 0 Å². The number of nitrogens with zero attached hydrogens (tertiary/aromatic N) is 1. The van der Waals surface area contributed by atoms with E-state index in [1.165, 1.54) is 10.9 Å². The highest BCUT2D eigenvalue weighted by Crippen LogP contribution is 2.26. The van der Waals surface area contributed by atoms with Gasteiger partial charge in [-0.25, -0.2) is 4.98 Å². The van der Waals surface area contributed by atoms with Crippen molar-refractivity contribution in [1.29, 1.82) is 0 Å². The molecule has 1 aromatic carbocycles. The number of aryl methyl sites for hydroxylation is 1. The summed E-state index contributed by atoms with van der Waals surface area (Å²) >= 11 is 0. The third-order valence-electron chi connectivity index (χ3n) is 2.66. The van der Waals surface area contributed by atoms with Crippen LogP contribution >= 0.6 is 0 Å². The van der Waals surface area contributed by atoms with Crippen molar-refractivity contribution in [2.75, 3.05) is 5.73 Å². The molecule has 0 aliphatic heterocycles. The first-order valence-electron chi connectivity index (χ1n) is 4.87. The van der Waals surface area contributed by atoms with Crippen LogP contribution < -0.4 is 5.73 Å². The molecular weight excluding hydrogens is 186 g/mol. The first-order chi connectivity index (χ1) is 7.24. The molecule has 3 nitrogen and oxygen atoms in total. The average molecular weight is 197 g/mol. The number of nitrogens with one attached hydrogen (secondary N) is 1. The van der Waals surface area contributed by atoms with E-state index in [1.807, 2.05) is 12.3 Å². The highest BCUT2D eigenvalue weighted by atomic mass is 14.8. The average Bonchev–Trinajstić information content (AvgIpc) is 2.54. The molecule has 0 radical (unpaired) electrons. The summed E-state index contributed by atoms with van der Waals surface area (Å²) in [6.07, 6.45) is 1.82. The van der Waals surface area contributed by atoms with Crippen LogP contribution in [0.25, 0.3) is 21.8 Å². The van der Waals surface area contributed by atoms with E-state index in [9.17, 15) is 0 Å². The molecule has 74 valence electrons. The second-order valence-corrected chi connectivity index (χ2v) is 3.83. The van der Waals surface area contributed by atoms with Crippen molar-refractivity contribution in [2.45, 2.75) is 6.92 Å². The number of nitrogen functional groups attached to an aromatic ring is 1. The summed E-state index contributed by atoms with van der Waals surface area (Å²) in [7, 11) is 0. The smallest absolute Gasteiger partial charge is 0.125 e. The highest BCUT2D eigenvalue weighted by molar-refractivity contribution is 6.07. The number of aromatic amines is 1. The molecule has 0 spiro atoms. The Labute approximate surface area is 86.9 Å². The maximum atomic E-state index is 5.64. The van der Waals surface area contributed by atoms with Crippen LogP contribution in [0.5, 0.6) is 0 Å². The first-order valence-corrected chi connectivity index (χ1v) is 4.87. The Morgan fingerprint density at radius 3 is 2.87 bits per heavy atom. The Balaban J connectivity index is 2.53. The number of rotatable bonds is 0. The molecule has 0 unspecified atom stereocenters. The number of anilines is 1. The van der Waals surface area contributed by atoms with Crippen molar-refractivity contribution in [1.82, 2.24) is 9.97 Å². The van der Waals surface area contributed by atoms with Crippen molar-refractivity contribution >= 4 is 27.6 Å². The van der Waals surface area contributed by atoms with Gasteiger partial charge in [0, 0.05) is 28.6 Å². The fourth-order valence-corrected chi connectivity index (χ4v) is 1.92. The van der Waals surface area contributed by atoms with Crippen LogP contribution in [0.15, 0.2) is 30.5 Å². The van der Waals surface area contributed by atoms with Gasteiger partial charge in [-0.3, -0.25) is 0 Å². The van der Waals surface area contributed by atoms with E-state index in [0.29, 0.717) is 5.82 Å². The molecule has 3 heteroatoms. The summed E-state index contributed by atoms with van der Waals surface area (Å²) < 4.78 is 0. The molecule has 2 heterocycles. The number of hydrogen-bond donors (Lipinski definition) is 2. The highest BCUT2D eigenvalue weighted by Gasteiger charge is 2.04. The molecule has 0 fully saturated rings. The Hall–Kier alpha value is -2.03. The SMILES string of the molecule is Cc1ccc2[nH]c3cc(N)ncc3c2c1. The summed E-state index contributed by atoms with van der Waals surface area (Å²) in [5, 5.41) is 2.33. The maximum absolute atomic E-state index is 5.64. The van der Waals surface area contributed by atoms with E-state index in [4.69, 9.17) is 5.73 Å². The summed E-state index contributed by atoms with van der Waals surface area (Å²) in [5.41, 5.74) is 9.07. The lowest BCUT2D eigenvalue weighted by atomic mass is 10.1. The van der Waals surface area contributed by atoms with Crippen LogP contribution in [0.4, 0.5) is 5.82 Å². The zero-order chi connectivity index (χ0) is 10.4. The van der Waals surface area contributed by atoms with Gasteiger partial charge in [-0.1, -0.05) is 11.6 Å². The Bertz CT molecular complexity index is 652. The Morgan fingerprint density at radius 2 is 2.00 bits per heavy atom. The Kier molecular flexibility index (Phi) is 1.51. The normalized spacial score (nSPS) is 11.3. The summed E-state index contributed by atoms with van der Waals surface area (Å²) in [4.78, 5) is 7.44. The molecule has 0 amide bonds. The quantitative estimate of drug-likeness (QED) is 0.582. The van der Waals surface area contributed by atoms with Gasteiger partial charge in [0.15, 0.2) is 0 Å². The van der Waals surface area contributed by atoms with Crippen LogP contribution in [0, 0.1) is 6.92 Å². The lowest BCUT2D eigenvalue weighted by Crippen LogP contribution is -1.87. The van der Waals surface area contributed by atoms with Gasteiger partial charge in [0.1, 0.15) is 5.82 Å². The second kappa shape index (κ2) is 2.73. The number of aromatic nitrogens is 2. The second-order valence-electron chi connectivity index (χ2n) is 3.83. The van der Waals surface area contributed by atoms with Crippen LogP contribution in [-0.2, 0) is 0 Å². The molecule has 3 aromatic rings. The first kappa shape index (κ1) is 8.29. The number of fused-ring (bicyclic) bond motifs is 3. The monoisotopic (exact) mass is 197 g/mol. The molecule has 0 atom stereocenters. The van der Waals surface area contributed by atoms with Crippen molar-refractivity contribution < 1.29 is 0 Å². The minimum Gasteiger partial charge on any atom is -0.384 e. The maximum Gasteiger partial charge on any atom is 0.125 e. The molecular formula is C12H11N3. The van der Waals surface area contributed by atoms with E-state index in [2.05, 4.69) is 35.1 Å². The van der Waals surface area contributed by atoms with Crippen LogP contribution in [0.2, 0.25) is 0 Å². The number of hydrogen-bond acceptors (Lipinski definition) is 2. The minimum atomic E-state index is 0.547. The fraction of sp³-hybridized carbons (Fsp3) is 0.0833. The van der Waals surface area contributed by atoms with Crippen molar-refractivity contribution in [2.24, 2.45) is 0 Å². The molecule has 0 aliphatic rings. The molecule has 0 saturated heterocycles. The number of benzene rings is 1. The summed E-state index contributed by atoms with van der Waals surface area (Å²) in [6.45, 7) is 2.09. The van der Waals surface area contributed by atoms with Gasteiger partial charge in [0.05, 0.1) is 5.52 Å². The van der Waals surface area contributed by atoms with Gasteiger partial charge in [-0.2, -0.15) is 0 Å². The summed E-state index contributed by atoms with van der Waals surface area (Å²) in [6, 6.07) is 8.20. The Morgan fingerprint density at radius 1 is 1.13 bits per heavy atom. The van der Waals surface area contributed by atoms with Gasteiger partial charge in [-0.15, -0.1) is 0 Å². The van der Waals surface area contributed by atoms with Gasteiger partial charge in [0.25, 0.3) is 0 Å². The molecule has 2 aromatic heterocycles. The number of nitrogens with two attached hydrogens (primary N) is 1. The van der Waals surface area contributed by atoms with Crippen LogP contribution in [0.1, 0.15) is 5.56 Å². The van der Waals surface area contributed by atoms with Crippen LogP contribution in [-0.4, -0.2) is 9.97 Å². The van der Waals surface area contributed by atoms with Gasteiger partial charge in [0.2, 0.25) is 0 Å². The third-order valence-corrected chi connectivity index (χ3v) is 2.66. The zero-order valence-corrected chi connectivity index (χ0v) is 8.41. The fourth-order valence-electron chi connectivity index (χ4n) is 1.92. The molecule has 0 aliphatic carbocycles. The lowest BCUT2D eigenvalue weighted by Gasteiger charge is -1.93. The van der Waals surface area contributed by atoms with E-state index >= 15 is 0 Å². The standard InChI is InChI=1S/C12H11N3/c1-7-2-3-10-8(4-7)9-6-14-12(13)5-11(9)15-10/h2-6,15H,1H3,(H2,13,14). The molecule has 3 N–H and O–H groups in total. The van der Waals surface area contributed by atoms with Gasteiger partial charge in [-0.05, 0) is 19.1 Å². The predicted molar refractivity (Wildman–Crippen MR) is 62.7 cm³/mol. The molecule has 3 rings (SSSR count). The van der Waals surface area contributed by atoms with E-state index in [0.717, 1.165) is 16.4 Å². The number of H-pyrrole nitrogens is 1. The molecule has 0 bridgehead atoms. The summed E-state index contributed by atoms with van der Waals surface area (Å²) in [5.74, 6) is 0.547.